The van der Waals surface area contributed by atoms with Gasteiger partial charge in [0.15, 0.2) is 0 Å². The fourth-order valence-corrected chi connectivity index (χ4v) is 1.87. The molecule has 0 aliphatic rings. The largest absolute Gasteiger partial charge is 0.748 e. The standard InChI is InChI=1S/C2H6O6S2/c3-9(4,5)1-2-10(6,7)8/h1-2H2,(H,3,4,5)(H,6,7,8)/p-1. The van der Waals surface area contributed by atoms with Crippen LogP contribution in [0.2, 0.25) is 0 Å². The van der Waals surface area contributed by atoms with Crippen LogP contribution in [0, 0.1) is 0 Å². The SMILES string of the molecule is O=S(=O)([O-])CCS(=O)(=O)O. The number of hydrogen-bond acceptors (Lipinski definition) is 5. The Labute approximate surface area is 58.4 Å². The van der Waals surface area contributed by atoms with E-state index in [1.807, 2.05) is 0 Å². The van der Waals surface area contributed by atoms with Crippen LogP contribution in [0.4, 0.5) is 0 Å². The first-order valence-corrected chi connectivity index (χ1v) is 5.28. The zero-order valence-corrected chi connectivity index (χ0v) is 6.35. The van der Waals surface area contributed by atoms with Gasteiger partial charge < -0.3 is 4.55 Å². The van der Waals surface area contributed by atoms with Crippen molar-refractivity contribution < 1.29 is 25.9 Å². The summed E-state index contributed by atoms with van der Waals surface area (Å²) in [5, 5.41) is 0. The Morgan fingerprint density at radius 1 is 1.10 bits per heavy atom. The number of hydrogen-bond donors (Lipinski definition) is 1. The molecule has 0 saturated carbocycles. The molecule has 6 nitrogen and oxygen atoms in total. The van der Waals surface area contributed by atoms with Crippen molar-refractivity contribution >= 4 is 20.2 Å². The monoisotopic (exact) mass is 189 g/mol. The van der Waals surface area contributed by atoms with Crippen molar-refractivity contribution in [3.05, 3.63) is 0 Å². The van der Waals surface area contributed by atoms with Crippen LogP contribution in [0.5, 0.6) is 0 Å². The molecule has 0 bridgehead atoms. The summed E-state index contributed by atoms with van der Waals surface area (Å²) in [6.45, 7) is 0. The summed E-state index contributed by atoms with van der Waals surface area (Å²) in [7, 11) is -8.88. The molecule has 0 aromatic rings. The Morgan fingerprint density at radius 3 is 1.60 bits per heavy atom. The van der Waals surface area contributed by atoms with Crippen LogP contribution in [0.1, 0.15) is 0 Å². The molecule has 0 fully saturated rings. The molecular formula is C2H5O6S2-. The first-order chi connectivity index (χ1) is 4.21. The summed E-state index contributed by atoms with van der Waals surface area (Å²) in [6, 6.07) is 0. The Bertz CT molecular complexity index is 250. The zero-order chi connectivity index (χ0) is 8.41. The van der Waals surface area contributed by atoms with Gasteiger partial charge in [0.2, 0.25) is 0 Å². The van der Waals surface area contributed by atoms with E-state index in [2.05, 4.69) is 0 Å². The molecule has 10 heavy (non-hydrogen) atoms. The predicted octanol–water partition coefficient (Wildman–Crippen LogP) is -1.58. The molecule has 1 N–H and O–H groups in total. The van der Waals surface area contributed by atoms with E-state index in [4.69, 9.17) is 4.55 Å². The summed E-state index contributed by atoms with van der Waals surface area (Å²) < 4.78 is 56.9. The van der Waals surface area contributed by atoms with E-state index in [0.29, 0.717) is 0 Å². The average Bonchev–Trinajstić information content (AvgIpc) is 1.57. The predicted molar refractivity (Wildman–Crippen MR) is 31.0 cm³/mol. The lowest BCUT2D eigenvalue weighted by Gasteiger charge is -2.02. The average molecular weight is 189 g/mol. The van der Waals surface area contributed by atoms with Crippen LogP contribution >= 0.6 is 0 Å². The molecular weight excluding hydrogens is 184 g/mol. The fourth-order valence-electron chi connectivity index (χ4n) is 0.207. The van der Waals surface area contributed by atoms with Crippen molar-refractivity contribution in [2.24, 2.45) is 0 Å². The maximum atomic E-state index is 9.83. The third-order valence-corrected chi connectivity index (χ3v) is 2.27. The topological polar surface area (TPSA) is 112 Å². The Kier molecular flexibility index (Phi) is 2.77. The molecule has 0 atom stereocenters. The van der Waals surface area contributed by atoms with Gasteiger partial charge in [-0.05, 0) is 0 Å². The number of rotatable bonds is 3. The second kappa shape index (κ2) is 2.82. The van der Waals surface area contributed by atoms with Crippen molar-refractivity contribution in [1.29, 1.82) is 0 Å². The van der Waals surface area contributed by atoms with Crippen molar-refractivity contribution in [3.63, 3.8) is 0 Å². The van der Waals surface area contributed by atoms with Gasteiger partial charge in [0, 0.05) is 0 Å². The molecule has 0 unspecified atom stereocenters. The molecule has 0 aliphatic carbocycles. The molecule has 0 heterocycles. The second-order valence-electron chi connectivity index (χ2n) is 1.55. The molecule has 0 rings (SSSR count). The lowest BCUT2D eigenvalue weighted by atomic mass is 11.0. The maximum absolute atomic E-state index is 9.83. The molecule has 0 radical (unpaired) electrons. The second-order valence-corrected chi connectivity index (χ2v) is 4.64. The van der Waals surface area contributed by atoms with Gasteiger partial charge in [-0.2, -0.15) is 8.42 Å². The van der Waals surface area contributed by atoms with Crippen molar-refractivity contribution in [2.75, 3.05) is 11.5 Å². The summed E-state index contributed by atoms with van der Waals surface area (Å²) in [6.07, 6.45) is 0. The van der Waals surface area contributed by atoms with E-state index < -0.39 is 31.7 Å². The van der Waals surface area contributed by atoms with Gasteiger partial charge in [-0.15, -0.1) is 0 Å². The first-order valence-electron chi connectivity index (χ1n) is 2.09. The van der Waals surface area contributed by atoms with Crippen LogP contribution in [0.3, 0.4) is 0 Å². The lowest BCUT2D eigenvalue weighted by molar-refractivity contribution is 0.458. The highest BCUT2D eigenvalue weighted by atomic mass is 32.2. The van der Waals surface area contributed by atoms with Crippen molar-refractivity contribution in [2.45, 2.75) is 0 Å². The van der Waals surface area contributed by atoms with E-state index in [9.17, 15) is 21.4 Å². The van der Waals surface area contributed by atoms with Gasteiger partial charge >= 0.3 is 0 Å². The van der Waals surface area contributed by atoms with Gasteiger partial charge in [0.1, 0.15) is 0 Å². The van der Waals surface area contributed by atoms with E-state index in [-0.39, 0.29) is 0 Å². The molecule has 0 aromatic heterocycles. The van der Waals surface area contributed by atoms with Gasteiger partial charge in [-0.1, -0.05) is 0 Å². The first kappa shape index (κ1) is 9.82. The zero-order valence-electron chi connectivity index (χ0n) is 4.72. The Balaban J connectivity index is 4.05. The van der Waals surface area contributed by atoms with E-state index in [1.165, 1.54) is 0 Å². The molecule has 8 heteroatoms. The van der Waals surface area contributed by atoms with Gasteiger partial charge in [0.25, 0.3) is 10.1 Å². The van der Waals surface area contributed by atoms with E-state index in [1.54, 1.807) is 0 Å². The summed E-state index contributed by atoms with van der Waals surface area (Å²) >= 11 is 0. The minimum atomic E-state index is -4.55. The quantitative estimate of drug-likeness (QED) is 0.536. The Morgan fingerprint density at radius 2 is 1.50 bits per heavy atom. The third kappa shape index (κ3) is 7.82. The maximum Gasteiger partial charge on any atom is 0.265 e. The Hall–Kier alpha value is -0.180. The highest BCUT2D eigenvalue weighted by Gasteiger charge is 2.06. The van der Waals surface area contributed by atoms with Crippen molar-refractivity contribution in [3.8, 4) is 0 Å². The minimum Gasteiger partial charge on any atom is -0.748 e. The van der Waals surface area contributed by atoms with Crippen LogP contribution in [0.15, 0.2) is 0 Å². The van der Waals surface area contributed by atoms with Crippen LogP contribution < -0.4 is 0 Å². The van der Waals surface area contributed by atoms with Crippen LogP contribution in [-0.4, -0.2) is 37.4 Å². The van der Waals surface area contributed by atoms with E-state index >= 15 is 0 Å². The molecule has 0 amide bonds. The highest BCUT2D eigenvalue weighted by molar-refractivity contribution is 7.89. The summed E-state index contributed by atoms with van der Waals surface area (Å²) in [5.74, 6) is -2.13. The highest BCUT2D eigenvalue weighted by Crippen LogP contribution is 1.86. The normalized spacial score (nSPS) is 13.4. The fraction of sp³-hybridized carbons (Fsp3) is 1.00. The van der Waals surface area contributed by atoms with Gasteiger partial charge in [0.05, 0.1) is 21.6 Å². The molecule has 0 spiro atoms. The smallest absolute Gasteiger partial charge is 0.265 e. The van der Waals surface area contributed by atoms with Crippen LogP contribution in [0.25, 0.3) is 0 Å². The lowest BCUT2D eigenvalue weighted by Crippen LogP contribution is -2.15. The van der Waals surface area contributed by atoms with E-state index in [0.717, 1.165) is 0 Å². The molecule has 0 aliphatic heterocycles. The molecule has 0 aromatic carbocycles. The van der Waals surface area contributed by atoms with Gasteiger partial charge in [-0.25, -0.2) is 8.42 Å². The summed E-state index contributed by atoms with van der Waals surface area (Å²) in [5.41, 5.74) is 0. The third-order valence-electron chi connectivity index (χ3n) is 0.591. The van der Waals surface area contributed by atoms with Crippen LogP contribution in [-0.2, 0) is 20.2 Å². The van der Waals surface area contributed by atoms with Gasteiger partial charge in [-0.3, -0.25) is 4.55 Å². The molecule has 62 valence electrons. The minimum absolute atomic E-state index is 1.04. The molecule has 0 saturated heterocycles. The van der Waals surface area contributed by atoms with Crippen molar-refractivity contribution in [1.82, 2.24) is 0 Å². The summed E-state index contributed by atoms with van der Waals surface area (Å²) in [4.78, 5) is 0.